The molecule has 0 aromatic heterocycles. The van der Waals surface area contributed by atoms with E-state index < -0.39 is 17.6 Å². The maximum absolute atomic E-state index is 14.0. The van der Waals surface area contributed by atoms with Crippen LogP contribution in [-0.2, 0) is 20.9 Å². The Labute approximate surface area is 239 Å². The number of likely N-dealkylation sites (tertiary alicyclic amines) is 1. The van der Waals surface area contributed by atoms with Crippen LogP contribution >= 0.6 is 0 Å². The number of alkyl carbamates (subject to hydrolysis) is 1. The molecule has 212 valence electrons. The Hall–Kier alpha value is -4.17. The van der Waals surface area contributed by atoms with Crippen LogP contribution in [0, 0.1) is 0 Å². The van der Waals surface area contributed by atoms with Crippen molar-refractivity contribution in [3.8, 4) is 11.1 Å². The summed E-state index contributed by atoms with van der Waals surface area (Å²) in [5, 5.41) is 12.5. The van der Waals surface area contributed by atoms with E-state index in [9.17, 15) is 19.5 Å². The molecule has 3 aromatic carbocycles. The summed E-state index contributed by atoms with van der Waals surface area (Å²) in [7, 11) is 0. The van der Waals surface area contributed by atoms with Gasteiger partial charge in [-0.1, -0.05) is 78.9 Å². The second kappa shape index (κ2) is 11.4. The summed E-state index contributed by atoms with van der Waals surface area (Å²) >= 11 is 0. The van der Waals surface area contributed by atoms with Crippen molar-refractivity contribution in [1.82, 2.24) is 15.1 Å². The van der Waals surface area contributed by atoms with Gasteiger partial charge >= 0.3 is 12.1 Å². The molecule has 2 fully saturated rings. The number of carboxylic acid groups (broad SMARTS) is 1. The zero-order valence-corrected chi connectivity index (χ0v) is 23.0. The normalized spacial score (nSPS) is 17.8. The first-order chi connectivity index (χ1) is 19.9. The Morgan fingerprint density at radius 3 is 2.05 bits per heavy atom. The molecule has 8 nitrogen and oxygen atoms in total. The Morgan fingerprint density at radius 2 is 1.46 bits per heavy atom. The molecule has 3 aromatic rings. The number of ether oxygens (including phenoxy) is 1. The molecule has 8 heteroatoms. The third-order valence-electron chi connectivity index (χ3n) is 8.61. The molecule has 2 aliphatic carbocycles. The zero-order valence-electron chi connectivity index (χ0n) is 23.0. The van der Waals surface area contributed by atoms with Gasteiger partial charge in [0.1, 0.15) is 18.7 Å². The molecule has 1 saturated carbocycles. The van der Waals surface area contributed by atoms with E-state index in [1.807, 2.05) is 42.5 Å². The van der Waals surface area contributed by atoms with E-state index in [1.54, 1.807) is 0 Å². The number of rotatable bonds is 9. The Balaban J connectivity index is 1.18. The van der Waals surface area contributed by atoms with E-state index >= 15 is 0 Å². The predicted octanol–water partition coefficient (Wildman–Crippen LogP) is 4.64. The number of benzene rings is 3. The minimum atomic E-state index is -1.21. The van der Waals surface area contributed by atoms with E-state index in [2.05, 4.69) is 46.6 Å². The first kappa shape index (κ1) is 27.0. The molecule has 2 N–H and O–H groups in total. The summed E-state index contributed by atoms with van der Waals surface area (Å²) in [5.74, 6) is -1.47. The topological polar surface area (TPSA) is 99.2 Å². The zero-order chi connectivity index (χ0) is 28.4. The number of carboxylic acids is 1. The van der Waals surface area contributed by atoms with Crippen molar-refractivity contribution < 1.29 is 24.2 Å². The highest BCUT2D eigenvalue weighted by molar-refractivity contribution is 5.92. The Morgan fingerprint density at radius 1 is 0.878 bits per heavy atom. The fraction of sp³-hybridized carbons (Fsp3) is 0.364. The van der Waals surface area contributed by atoms with Crippen LogP contribution in [0.5, 0.6) is 0 Å². The monoisotopic (exact) mass is 553 g/mol. The first-order valence-electron chi connectivity index (χ1n) is 14.4. The predicted molar refractivity (Wildman–Crippen MR) is 154 cm³/mol. The molecular formula is C33H35N3O5. The first-order valence-corrected chi connectivity index (χ1v) is 14.4. The number of piperidine rings is 1. The maximum Gasteiger partial charge on any atom is 0.408 e. The van der Waals surface area contributed by atoms with Crippen molar-refractivity contribution in [2.24, 2.45) is 0 Å². The molecule has 0 bridgehead atoms. The van der Waals surface area contributed by atoms with E-state index in [4.69, 9.17) is 4.74 Å². The number of nitrogens with one attached hydrogen (secondary N) is 1. The largest absolute Gasteiger partial charge is 0.480 e. The van der Waals surface area contributed by atoms with Gasteiger partial charge in [0, 0.05) is 31.6 Å². The summed E-state index contributed by atoms with van der Waals surface area (Å²) in [6.07, 6.45) is 1.67. The number of fused-ring (bicyclic) bond motifs is 3. The second-order valence-corrected chi connectivity index (χ2v) is 11.4. The third-order valence-corrected chi connectivity index (χ3v) is 8.61. The number of nitrogens with zero attached hydrogens (tertiary/aromatic N) is 2. The molecule has 0 unspecified atom stereocenters. The van der Waals surface area contributed by atoms with Crippen LogP contribution in [0.3, 0.4) is 0 Å². The van der Waals surface area contributed by atoms with Crippen LogP contribution in [0.2, 0.25) is 0 Å². The lowest BCUT2D eigenvalue weighted by molar-refractivity contribution is -0.149. The SMILES string of the molecule is O=C(O)CN(C(=O)C1(NC(=O)OCC2c3ccccc3-c3ccccc32)CCN(Cc2ccccc2)CC1)C1CC1. The minimum Gasteiger partial charge on any atom is -0.480 e. The summed E-state index contributed by atoms with van der Waals surface area (Å²) in [6, 6.07) is 26.3. The van der Waals surface area contributed by atoms with Gasteiger partial charge in [-0.3, -0.25) is 14.5 Å². The molecule has 1 aliphatic heterocycles. The van der Waals surface area contributed by atoms with E-state index in [0.29, 0.717) is 25.9 Å². The number of carbonyl (C=O) groups excluding carboxylic acids is 2. The summed E-state index contributed by atoms with van der Waals surface area (Å²) < 4.78 is 5.83. The number of amides is 2. The summed E-state index contributed by atoms with van der Waals surface area (Å²) in [5.41, 5.74) is 4.48. The van der Waals surface area contributed by atoms with Crippen molar-refractivity contribution in [2.75, 3.05) is 26.2 Å². The Bertz CT molecular complexity index is 1380. The van der Waals surface area contributed by atoms with Crippen LogP contribution in [0.1, 0.15) is 48.3 Å². The lowest BCUT2D eigenvalue weighted by Gasteiger charge is -2.43. The van der Waals surface area contributed by atoms with Gasteiger partial charge in [-0.15, -0.1) is 0 Å². The lowest BCUT2D eigenvalue weighted by atomic mass is 9.85. The highest BCUT2D eigenvalue weighted by atomic mass is 16.5. The van der Waals surface area contributed by atoms with Crippen LogP contribution < -0.4 is 5.32 Å². The van der Waals surface area contributed by atoms with Gasteiger partial charge in [0.25, 0.3) is 0 Å². The van der Waals surface area contributed by atoms with Crippen molar-refractivity contribution in [3.05, 3.63) is 95.6 Å². The molecule has 0 radical (unpaired) electrons. The quantitative estimate of drug-likeness (QED) is 0.401. The van der Waals surface area contributed by atoms with Gasteiger partial charge in [0.05, 0.1) is 0 Å². The van der Waals surface area contributed by atoms with Crippen molar-refractivity contribution in [1.29, 1.82) is 0 Å². The van der Waals surface area contributed by atoms with Crippen LogP contribution in [0.4, 0.5) is 4.79 Å². The highest BCUT2D eigenvalue weighted by Crippen LogP contribution is 2.44. The maximum atomic E-state index is 14.0. The van der Waals surface area contributed by atoms with Gasteiger partial charge in [-0.05, 0) is 53.5 Å². The van der Waals surface area contributed by atoms with Crippen LogP contribution in [-0.4, -0.2) is 70.7 Å². The molecule has 1 heterocycles. The molecule has 6 rings (SSSR count). The average Bonchev–Trinajstić information content (AvgIpc) is 3.78. The molecular weight excluding hydrogens is 518 g/mol. The molecule has 2 amide bonds. The van der Waals surface area contributed by atoms with Gasteiger partial charge in [-0.2, -0.15) is 0 Å². The number of carbonyl (C=O) groups is 3. The third kappa shape index (κ3) is 5.70. The summed E-state index contributed by atoms with van der Waals surface area (Å²) in [6.45, 7) is 1.71. The average molecular weight is 554 g/mol. The molecule has 41 heavy (non-hydrogen) atoms. The van der Waals surface area contributed by atoms with Crippen molar-refractivity contribution >= 4 is 18.0 Å². The smallest absolute Gasteiger partial charge is 0.408 e. The molecule has 1 saturated heterocycles. The standard InChI is InChI=1S/C33H35N3O5/c37-30(38)21-36(24-14-15-24)31(39)33(16-18-35(19-17-33)20-23-8-2-1-3-9-23)34-32(40)41-22-29-27-12-6-4-10-25(27)26-11-5-7-13-28(26)29/h1-13,24,29H,14-22H2,(H,34,40)(H,37,38). The fourth-order valence-electron chi connectivity index (χ4n) is 6.33. The minimum absolute atomic E-state index is 0.0949. The second-order valence-electron chi connectivity index (χ2n) is 11.4. The van der Waals surface area contributed by atoms with E-state index in [0.717, 1.165) is 41.6 Å². The number of hydrogen-bond donors (Lipinski definition) is 2. The van der Waals surface area contributed by atoms with Crippen molar-refractivity contribution in [3.63, 3.8) is 0 Å². The van der Waals surface area contributed by atoms with Gasteiger partial charge in [0.2, 0.25) is 5.91 Å². The van der Waals surface area contributed by atoms with Crippen LogP contribution in [0.25, 0.3) is 11.1 Å². The van der Waals surface area contributed by atoms with E-state index in [1.165, 1.54) is 10.5 Å². The molecule has 3 aliphatic rings. The van der Waals surface area contributed by atoms with E-state index in [-0.39, 0.29) is 31.0 Å². The van der Waals surface area contributed by atoms with Gasteiger partial charge in [0.15, 0.2) is 0 Å². The number of aliphatic carboxylic acids is 1. The Kier molecular flexibility index (Phi) is 7.49. The fourth-order valence-corrected chi connectivity index (χ4v) is 6.33. The van der Waals surface area contributed by atoms with Gasteiger partial charge in [-0.25, -0.2) is 4.79 Å². The van der Waals surface area contributed by atoms with Crippen molar-refractivity contribution in [2.45, 2.75) is 49.7 Å². The molecule has 0 atom stereocenters. The summed E-state index contributed by atoms with van der Waals surface area (Å²) in [4.78, 5) is 42.7. The van der Waals surface area contributed by atoms with Crippen LogP contribution in [0.15, 0.2) is 78.9 Å². The molecule has 0 spiro atoms. The lowest BCUT2D eigenvalue weighted by Crippen LogP contribution is -2.64. The highest BCUT2D eigenvalue weighted by Gasteiger charge is 2.49. The number of hydrogen-bond acceptors (Lipinski definition) is 5. The van der Waals surface area contributed by atoms with Gasteiger partial charge < -0.3 is 20.1 Å².